The number of hydrogen-bond acceptors (Lipinski definition) is 1. The number of benzene rings is 1. The quantitative estimate of drug-likeness (QED) is 0.766. The van der Waals surface area contributed by atoms with Crippen molar-refractivity contribution >= 4 is 27.5 Å². The van der Waals surface area contributed by atoms with Gasteiger partial charge in [0.15, 0.2) is 0 Å². The van der Waals surface area contributed by atoms with Crippen molar-refractivity contribution < 1.29 is 0 Å². The highest BCUT2D eigenvalue weighted by Gasteiger charge is 2.02. The van der Waals surface area contributed by atoms with E-state index in [0.29, 0.717) is 5.88 Å². The maximum Gasteiger partial charge on any atom is 0.0951 e. The summed E-state index contributed by atoms with van der Waals surface area (Å²) in [4.78, 5) is 4.20. The van der Waals surface area contributed by atoms with Crippen molar-refractivity contribution in [1.29, 1.82) is 0 Å². The zero-order valence-corrected chi connectivity index (χ0v) is 11.8. The number of hydrogen-bond donors (Lipinski definition) is 0. The first-order chi connectivity index (χ1) is 8.29. The molecule has 0 saturated heterocycles. The minimum atomic E-state index is 0.698. The van der Waals surface area contributed by atoms with Crippen LogP contribution in [0.15, 0.2) is 41.3 Å². The van der Waals surface area contributed by atoms with Gasteiger partial charge in [-0.15, -0.1) is 11.6 Å². The van der Waals surface area contributed by atoms with Crippen LogP contribution in [0.25, 0.3) is 0 Å². The lowest BCUT2D eigenvalue weighted by molar-refractivity contribution is 0.724. The van der Waals surface area contributed by atoms with Crippen LogP contribution in [0, 0.1) is 0 Å². The maximum atomic E-state index is 5.71. The third-order valence-corrected chi connectivity index (χ3v) is 3.43. The third-order valence-electron chi connectivity index (χ3n) is 2.63. The molecule has 0 fully saturated rings. The Balaban J connectivity index is 2.07. The zero-order valence-electron chi connectivity index (χ0n) is 9.44. The summed E-state index contributed by atoms with van der Waals surface area (Å²) in [5, 5.41) is 0. The van der Waals surface area contributed by atoms with Gasteiger partial charge in [-0.25, -0.2) is 4.98 Å². The van der Waals surface area contributed by atoms with Gasteiger partial charge in [-0.05, 0) is 30.5 Å². The van der Waals surface area contributed by atoms with Gasteiger partial charge in [0, 0.05) is 28.8 Å². The van der Waals surface area contributed by atoms with Crippen molar-refractivity contribution in [3.05, 3.63) is 52.5 Å². The monoisotopic (exact) mass is 312 g/mol. The fraction of sp³-hybridized carbons (Fsp3) is 0.308. The van der Waals surface area contributed by atoms with E-state index in [1.807, 2.05) is 12.5 Å². The highest BCUT2D eigenvalue weighted by Crippen LogP contribution is 2.13. The average molecular weight is 314 g/mol. The number of aryl methyl sites for hydroxylation is 1. The van der Waals surface area contributed by atoms with Gasteiger partial charge in [-0.2, -0.15) is 0 Å². The summed E-state index contributed by atoms with van der Waals surface area (Å²) in [6.07, 6.45) is 5.78. The summed E-state index contributed by atoms with van der Waals surface area (Å²) >= 11 is 9.15. The molecule has 2 aromatic rings. The molecule has 0 radical (unpaired) electrons. The van der Waals surface area contributed by atoms with Crippen LogP contribution in [0.4, 0.5) is 0 Å². The Hall–Kier alpha value is -0.800. The van der Waals surface area contributed by atoms with Crippen molar-refractivity contribution in [3.63, 3.8) is 0 Å². The van der Waals surface area contributed by atoms with E-state index in [1.54, 1.807) is 0 Å². The maximum absolute atomic E-state index is 5.71. The van der Waals surface area contributed by atoms with Crippen LogP contribution in [-0.2, 0) is 13.0 Å². The van der Waals surface area contributed by atoms with Gasteiger partial charge < -0.3 is 4.57 Å². The second kappa shape index (κ2) is 6.22. The minimum Gasteiger partial charge on any atom is -0.330 e. The molecule has 0 unspecified atom stereocenters. The Morgan fingerprint density at radius 3 is 2.71 bits per heavy atom. The van der Waals surface area contributed by atoms with Gasteiger partial charge in [-0.1, -0.05) is 28.1 Å². The fourth-order valence-corrected chi connectivity index (χ4v) is 2.13. The topological polar surface area (TPSA) is 17.8 Å². The molecule has 0 bridgehead atoms. The van der Waals surface area contributed by atoms with Crippen LogP contribution in [0.1, 0.15) is 17.7 Å². The van der Waals surface area contributed by atoms with E-state index in [4.69, 9.17) is 11.6 Å². The molecule has 0 aliphatic rings. The molecule has 2 nitrogen and oxygen atoms in total. The molecule has 0 atom stereocenters. The van der Waals surface area contributed by atoms with Crippen LogP contribution in [-0.4, -0.2) is 15.4 Å². The first-order valence-electron chi connectivity index (χ1n) is 5.59. The highest BCUT2D eigenvalue weighted by molar-refractivity contribution is 9.10. The van der Waals surface area contributed by atoms with E-state index >= 15 is 0 Å². The van der Waals surface area contributed by atoms with E-state index < -0.39 is 0 Å². The summed E-state index contributed by atoms with van der Waals surface area (Å²) in [5.41, 5.74) is 2.52. The predicted molar refractivity (Wildman–Crippen MR) is 74.5 cm³/mol. The van der Waals surface area contributed by atoms with Gasteiger partial charge in [0.25, 0.3) is 0 Å². The molecule has 17 heavy (non-hydrogen) atoms. The summed E-state index contributed by atoms with van der Waals surface area (Å²) in [7, 11) is 0. The molecule has 90 valence electrons. The van der Waals surface area contributed by atoms with E-state index in [-0.39, 0.29) is 0 Å². The standard InChI is InChI=1S/C13H14BrClN2/c14-12-5-3-11(4-6-12)9-17-10-16-8-13(17)2-1-7-15/h3-6,8,10H,1-2,7,9H2. The molecule has 0 spiro atoms. The van der Waals surface area contributed by atoms with Crippen LogP contribution >= 0.6 is 27.5 Å². The SMILES string of the molecule is ClCCCc1cncn1Cc1ccc(Br)cc1. The molecule has 1 heterocycles. The number of aromatic nitrogens is 2. The third kappa shape index (κ3) is 3.58. The Labute approximate surface area is 115 Å². The molecule has 2 rings (SSSR count). The summed E-state index contributed by atoms with van der Waals surface area (Å²) < 4.78 is 3.28. The van der Waals surface area contributed by atoms with Crippen LogP contribution in [0.2, 0.25) is 0 Å². The van der Waals surface area contributed by atoms with E-state index in [2.05, 4.69) is 49.7 Å². The zero-order chi connectivity index (χ0) is 12.1. The second-order valence-electron chi connectivity index (χ2n) is 3.93. The smallest absolute Gasteiger partial charge is 0.0951 e. The Bertz CT molecular complexity index is 465. The lowest BCUT2D eigenvalue weighted by Crippen LogP contribution is -2.03. The highest BCUT2D eigenvalue weighted by atomic mass is 79.9. The first kappa shape index (κ1) is 12.7. The molecule has 0 amide bonds. The lowest BCUT2D eigenvalue weighted by Gasteiger charge is -2.07. The predicted octanol–water partition coefficient (Wildman–Crippen LogP) is 3.87. The Kier molecular flexibility index (Phi) is 4.63. The van der Waals surface area contributed by atoms with Crippen molar-refractivity contribution in [2.45, 2.75) is 19.4 Å². The molecular weight excluding hydrogens is 300 g/mol. The molecule has 0 aliphatic carbocycles. The van der Waals surface area contributed by atoms with E-state index in [0.717, 1.165) is 23.9 Å². The molecule has 0 aliphatic heterocycles. The van der Waals surface area contributed by atoms with Crippen molar-refractivity contribution in [2.24, 2.45) is 0 Å². The number of rotatable bonds is 5. The summed E-state index contributed by atoms with van der Waals surface area (Å²) in [5.74, 6) is 0.698. The molecule has 4 heteroatoms. The van der Waals surface area contributed by atoms with Crippen LogP contribution in [0.3, 0.4) is 0 Å². The van der Waals surface area contributed by atoms with Gasteiger partial charge in [-0.3, -0.25) is 0 Å². The van der Waals surface area contributed by atoms with Crippen molar-refractivity contribution in [2.75, 3.05) is 5.88 Å². The number of alkyl halides is 1. The van der Waals surface area contributed by atoms with Gasteiger partial charge >= 0.3 is 0 Å². The Morgan fingerprint density at radius 1 is 1.24 bits per heavy atom. The minimum absolute atomic E-state index is 0.698. The van der Waals surface area contributed by atoms with E-state index in [9.17, 15) is 0 Å². The Morgan fingerprint density at radius 2 is 2.00 bits per heavy atom. The molecule has 0 N–H and O–H groups in total. The van der Waals surface area contributed by atoms with Gasteiger partial charge in [0.05, 0.1) is 6.33 Å². The fourth-order valence-electron chi connectivity index (χ4n) is 1.73. The first-order valence-corrected chi connectivity index (χ1v) is 6.92. The number of imidazole rings is 1. The van der Waals surface area contributed by atoms with Crippen LogP contribution in [0.5, 0.6) is 0 Å². The molecular formula is C13H14BrClN2. The lowest BCUT2D eigenvalue weighted by atomic mass is 10.2. The summed E-state index contributed by atoms with van der Waals surface area (Å²) in [6, 6.07) is 8.36. The largest absolute Gasteiger partial charge is 0.330 e. The van der Waals surface area contributed by atoms with Crippen molar-refractivity contribution in [1.82, 2.24) is 9.55 Å². The van der Waals surface area contributed by atoms with Crippen LogP contribution < -0.4 is 0 Å². The number of halogens is 2. The average Bonchev–Trinajstić information content (AvgIpc) is 2.77. The van der Waals surface area contributed by atoms with Gasteiger partial charge in [0.1, 0.15) is 0 Å². The second-order valence-corrected chi connectivity index (χ2v) is 5.23. The normalized spacial score (nSPS) is 10.7. The van der Waals surface area contributed by atoms with Gasteiger partial charge in [0.2, 0.25) is 0 Å². The van der Waals surface area contributed by atoms with Crippen molar-refractivity contribution in [3.8, 4) is 0 Å². The summed E-state index contributed by atoms with van der Waals surface area (Å²) in [6.45, 7) is 0.866. The van der Waals surface area contributed by atoms with E-state index in [1.165, 1.54) is 11.3 Å². The number of nitrogens with zero attached hydrogens (tertiary/aromatic N) is 2. The molecule has 0 saturated carbocycles. The molecule has 1 aromatic heterocycles. The molecule has 1 aromatic carbocycles.